The average Bonchev–Trinajstić information content (AvgIpc) is 3.22. The number of hydrogen-bond donors (Lipinski definition) is 1. The predicted molar refractivity (Wildman–Crippen MR) is 66.9 cm³/mol. The molecule has 110 valence electrons. The van der Waals surface area contributed by atoms with Gasteiger partial charge in [0, 0.05) is 25.8 Å². The van der Waals surface area contributed by atoms with Crippen LogP contribution in [0.1, 0.15) is 28.9 Å². The molecule has 1 saturated carbocycles. The van der Waals surface area contributed by atoms with E-state index in [-0.39, 0.29) is 17.5 Å². The summed E-state index contributed by atoms with van der Waals surface area (Å²) in [5.41, 5.74) is 4.79. The zero-order valence-electron chi connectivity index (χ0n) is 11.0. The molecule has 4 nitrogen and oxygen atoms in total. The van der Waals surface area contributed by atoms with Gasteiger partial charge in [0.25, 0.3) is 5.91 Å². The Morgan fingerprint density at radius 1 is 1.50 bits per heavy atom. The molecule has 1 aromatic rings. The van der Waals surface area contributed by atoms with Crippen LogP contribution in [0.15, 0.2) is 18.3 Å². The molecule has 1 aliphatic rings. The van der Waals surface area contributed by atoms with E-state index in [1.807, 2.05) is 0 Å². The molecule has 1 aliphatic carbocycles. The topological polar surface area (TPSA) is 59.2 Å². The molecule has 0 bridgehead atoms. The van der Waals surface area contributed by atoms with E-state index in [2.05, 4.69) is 4.98 Å². The van der Waals surface area contributed by atoms with Crippen LogP contribution in [0, 0.1) is 5.92 Å². The van der Waals surface area contributed by atoms with Gasteiger partial charge >= 0.3 is 6.18 Å². The van der Waals surface area contributed by atoms with E-state index in [1.165, 1.54) is 4.90 Å². The number of halogens is 3. The molecule has 2 rings (SSSR count). The normalized spacial score (nSPS) is 16.9. The standard InChI is InChI=1S/C13H16F3N3O/c1-19(10(6-17)8-2-3-8)12(20)9-4-5-11(18-7-9)13(14,15)16/h4-5,7-8,10H,2-3,6,17H2,1H3. The Labute approximate surface area is 114 Å². The van der Waals surface area contributed by atoms with E-state index in [0.717, 1.165) is 31.2 Å². The highest BCUT2D eigenvalue weighted by Crippen LogP contribution is 2.35. The highest BCUT2D eigenvalue weighted by molar-refractivity contribution is 5.94. The molecule has 1 unspecified atom stereocenters. The van der Waals surface area contributed by atoms with E-state index in [9.17, 15) is 18.0 Å². The maximum Gasteiger partial charge on any atom is 0.433 e. The zero-order valence-corrected chi connectivity index (χ0v) is 11.0. The number of aromatic nitrogens is 1. The summed E-state index contributed by atoms with van der Waals surface area (Å²) in [4.78, 5) is 17.0. The summed E-state index contributed by atoms with van der Waals surface area (Å²) < 4.78 is 37.2. The SMILES string of the molecule is CN(C(=O)c1ccc(C(F)(F)F)nc1)C(CN)C1CC1. The van der Waals surface area contributed by atoms with Gasteiger partial charge in [-0.1, -0.05) is 0 Å². The number of likely N-dealkylation sites (N-methyl/N-ethyl adjacent to an activating group) is 1. The van der Waals surface area contributed by atoms with Crippen LogP contribution < -0.4 is 5.73 Å². The first kappa shape index (κ1) is 14.8. The molecule has 20 heavy (non-hydrogen) atoms. The van der Waals surface area contributed by atoms with E-state index < -0.39 is 11.9 Å². The summed E-state index contributed by atoms with van der Waals surface area (Å²) in [6, 6.07) is 1.90. The summed E-state index contributed by atoms with van der Waals surface area (Å²) >= 11 is 0. The van der Waals surface area contributed by atoms with Crippen LogP contribution in [-0.4, -0.2) is 35.4 Å². The molecule has 0 aliphatic heterocycles. The fourth-order valence-electron chi connectivity index (χ4n) is 2.19. The van der Waals surface area contributed by atoms with Gasteiger partial charge in [0.15, 0.2) is 0 Å². The molecule has 1 atom stereocenters. The molecule has 1 amide bonds. The van der Waals surface area contributed by atoms with Crippen molar-refractivity contribution in [3.8, 4) is 0 Å². The molecule has 0 spiro atoms. The van der Waals surface area contributed by atoms with Crippen molar-refractivity contribution >= 4 is 5.91 Å². The van der Waals surface area contributed by atoms with Crippen LogP contribution in [0.25, 0.3) is 0 Å². The third-order valence-corrected chi connectivity index (χ3v) is 3.53. The van der Waals surface area contributed by atoms with Crippen molar-refractivity contribution in [2.75, 3.05) is 13.6 Å². The smallest absolute Gasteiger partial charge is 0.337 e. The Balaban J connectivity index is 2.12. The lowest BCUT2D eigenvalue weighted by molar-refractivity contribution is -0.141. The lowest BCUT2D eigenvalue weighted by Crippen LogP contribution is -2.43. The molecule has 0 saturated heterocycles. The van der Waals surface area contributed by atoms with Crippen LogP contribution in [0.3, 0.4) is 0 Å². The zero-order chi connectivity index (χ0) is 14.9. The quantitative estimate of drug-likeness (QED) is 0.920. The molecule has 1 aromatic heterocycles. The number of pyridine rings is 1. The summed E-state index contributed by atoms with van der Waals surface area (Å²) in [5, 5.41) is 0. The fourth-order valence-corrected chi connectivity index (χ4v) is 2.19. The van der Waals surface area contributed by atoms with Gasteiger partial charge in [0.2, 0.25) is 0 Å². The monoisotopic (exact) mass is 287 g/mol. The van der Waals surface area contributed by atoms with Gasteiger partial charge in [-0.15, -0.1) is 0 Å². The molecule has 1 heterocycles. The lowest BCUT2D eigenvalue weighted by atomic mass is 10.1. The number of nitrogens with zero attached hydrogens (tertiary/aromatic N) is 2. The second-order valence-corrected chi connectivity index (χ2v) is 4.99. The minimum Gasteiger partial charge on any atom is -0.337 e. The Hall–Kier alpha value is -1.63. The Kier molecular flexibility index (Phi) is 3.99. The average molecular weight is 287 g/mol. The van der Waals surface area contributed by atoms with Gasteiger partial charge in [0.05, 0.1) is 5.56 Å². The highest BCUT2D eigenvalue weighted by atomic mass is 19.4. The van der Waals surface area contributed by atoms with Crippen molar-refractivity contribution < 1.29 is 18.0 Å². The van der Waals surface area contributed by atoms with Crippen LogP contribution in [-0.2, 0) is 6.18 Å². The lowest BCUT2D eigenvalue weighted by Gasteiger charge is -2.27. The third kappa shape index (κ3) is 3.09. The molecular weight excluding hydrogens is 271 g/mol. The molecule has 7 heteroatoms. The number of hydrogen-bond acceptors (Lipinski definition) is 3. The summed E-state index contributed by atoms with van der Waals surface area (Å²) in [5.74, 6) is 0.0462. The Bertz CT molecular complexity index is 483. The van der Waals surface area contributed by atoms with Gasteiger partial charge in [-0.25, -0.2) is 0 Å². The summed E-state index contributed by atoms with van der Waals surface area (Å²) in [6.45, 7) is 0.348. The number of nitrogens with two attached hydrogens (primary N) is 1. The first-order chi connectivity index (χ1) is 9.34. The minimum atomic E-state index is -4.50. The molecule has 1 fully saturated rings. The van der Waals surface area contributed by atoms with Crippen LogP contribution >= 0.6 is 0 Å². The van der Waals surface area contributed by atoms with Crippen LogP contribution in [0.4, 0.5) is 13.2 Å². The largest absolute Gasteiger partial charge is 0.433 e. The van der Waals surface area contributed by atoms with Crippen molar-refractivity contribution in [2.24, 2.45) is 11.7 Å². The fraction of sp³-hybridized carbons (Fsp3) is 0.538. The number of alkyl halides is 3. The number of amides is 1. The van der Waals surface area contributed by atoms with Gasteiger partial charge in [0.1, 0.15) is 5.69 Å². The van der Waals surface area contributed by atoms with Gasteiger partial charge < -0.3 is 10.6 Å². The Morgan fingerprint density at radius 3 is 2.55 bits per heavy atom. The van der Waals surface area contributed by atoms with E-state index in [1.54, 1.807) is 7.05 Å². The second kappa shape index (κ2) is 5.40. The van der Waals surface area contributed by atoms with E-state index >= 15 is 0 Å². The molecule has 2 N–H and O–H groups in total. The Morgan fingerprint density at radius 2 is 2.15 bits per heavy atom. The van der Waals surface area contributed by atoms with Crippen molar-refractivity contribution in [3.05, 3.63) is 29.6 Å². The molecule has 0 aromatic carbocycles. The van der Waals surface area contributed by atoms with E-state index in [4.69, 9.17) is 5.73 Å². The first-order valence-corrected chi connectivity index (χ1v) is 6.35. The van der Waals surface area contributed by atoms with E-state index in [0.29, 0.717) is 12.5 Å². The van der Waals surface area contributed by atoms with Crippen LogP contribution in [0.2, 0.25) is 0 Å². The summed E-state index contributed by atoms with van der Waals surface area (Å²) in [7, 11) is 1.62. The molecular formula is C13H16F3N3O. The highest BCUT2D eigenvalue weighted by Gasteiger charge is 2.36. The summed E-state index contributed by atoms with van der Waals surface area (Å²) in [6.07, 6.45) is -1.47. The number of rotatable bonds is 4. The van der Waals surface area contributed by atoms with Crippen molar-refractivity contribution in [1.82, 2.24) is 9.88 Å². The van der Waals surface area contributed by atoms with Gasteiger partial charge in [-0.2, -0.15) is 13.2 Å². The third-order valence-electron chi connectivity index (χ3n) is 3.53. The van der Waals surface area contributed by atoms with Crippen LogP contribution in [0.5, 0.6) is 0 Å². The maximum atomic E-state index is 12.4. The van der Waals surface area contributed by atoms with Gasteiger partial charge in [-0.3, -0.25) is 9.78 Å². The second-order valence-electron chi connectivity index (χ2n) is 4.99. The predicted octanol–water partition coefficient (Wildman–Crippen LogP) is 1.91. The number of carbonyl (C=O) groups excluding carboxylic acids is 1. The van der Waals surface area contributed by atoms with Crippen molar-refractivity contribution in [2.45, 2.75) is 25.1 Å². The minimum absolute atomic E-state index is 0.0650. The van der Waals surface area contributed by atoms with Crippen molar-refractivity contribution in [3.63, 3.8) is 0 Å². The number of carbonyl (C=O) groups is 1. The molecule has 0 radical (unpaired) electrons. The first-order valence-electron chi connectivity index (χ1n) is 6.35. The van der Waals surface area contributed by atoms with Gasteiger partial charge in [-0.05, 0) is 30.9 Å². The maximum absolute atomic E-state index is 12.4. The van der Waals surface area contributed by atoms with Crippen molar-refractivity contribution in [1.29, 1.82) is 0 Å².